The van der Waals surface area contributed by atoms with E-state index in [9.17, 15) is 10.2 Å². The summed E-state index contributed by atoms with van der Waals surface area (Å²) in [5.41, 5.74) is 1.66. The van der Waals surface area contributed by atoms with Crippen LogP contribution in [0.5, 0.6) is 0 Å². The first-order valence-electron chi connectivity index (χ1n) is 6.98. The van der Waals surface area contributed by atoms with Crippen LogP contribution >= 0.6 is 0 Å². The monoisotopic (exact) mass is 276 g/mol. The number of hydrogen-bond donors (Lipinski definition) is 2. The molecule has 0 fully saturated rings. The molecule has 0 spiro atoms. The molecule has 0 aromatic heterocycles. The molecule has 2 N–H and O–H groups in total. The molecule has 102 valence electrons. The molecule has 21 heavy (non-hydrogen) atoms. The van der Waals surface area contributed by atoms with E-state index in [4.69, 9.17) is 4.74 Å². The summed E-state index contributed by atoms with van der Waals surface area (Å²) in [6, 6.07) is 16.3. The van der Waals surface area contributed by atoms with Crippen LogP contribution in [-0.2, 0) is 4.74 Å². The van der Waals surface area contributed by atoms with Crippen LogP contribution in [0.4, 0.5) is 0 Å². The number of aliphatic hydroxyl groups is 2. The molecule has 3 aromatic carbocycles. The summed E-state index contributed by atoms with van der Waals surface area (Å²) < 4.78 is 5.43. The SMILES string of the molecule is O[C@H]1C2=C(O2)c2c(ccc3c2ccc2ccccc23)[C@@H]1O. The average Bonchev–Trinajstić information content (AvgIpc) is 3.32. The third kappa shape index (κ3) is 1.35. The Balaban J connectivity index is 1.94. The van der Waals surface area contributed by atoms with Gasteiger partial charge in [0.25, 0.3) is 0 Å². The number of ether oxygens (including phenoxy) is 1. The molecule has 0 saturated heterocycles. The number of rotatable bonds is 0. The third-order valence-corrected chi connectivity index (χ3v) is 4.47. The molecule has 0 unspecified atom stereocenters. The zero-order valence-electron chi connectivity index (χ0n) is 11.1. The van der Waals surface area contributed by atoms with E-state index in [1.54, 1.807) is 0 Å². The van der Waals surface area contributed by atoms with Gasteiger partial charge in [0.15, 0.2) is 11.5 Å². The molecule has 1 heterocycles. The Morgan fingerprint density at radius 3 is 2.48 bits per heavy atom. The first kappa shape index (κ1) is 11.3. The van der Waals surface area contributed by atoms with Crippen LogP contribution in [0.25, 0.3) is 27.3 Å². The normalized spacial score (nSPS) is 23.0. The van der Waals surface area contributed by atoms with E-state index in [1.807, 2.05) is 24.3 Å². The summed E-state index contributed by atoms with van der Waals surface area (Å²) >= 11 is 0. The van der Waals surface area contributed by atoms with Crippen molar-refractivity contribution in [2.24, 2.45) is 0 Å². The van der Waals surface area contributed by atoms with Crippen LogP contribution in [-0.4, -0.2) is 16.3 Å². The summed E-state index contributed by atoms with van der Waals surface area (Å²) in [4.78, 5) is 0. The Bertz CT molecular complexity index is 955. The zero-order chi connectivity index (χ0) is 14.1. The van der Waals surface area contributed by atoms with E-state index in [2.05, 4.69) is 24.3 Å². The van der Waals surface area contributed by atoms with Gasteiger partial charge in [0.1, 0.15) is 12.2 Å². The minimum absolute atomic E-state index is 0.510. The Hall–Kier alpha value is -2.36. The van der Waals surface area contributed by atoms with Gasteiger partial charge in [0, 0.05) is 5.56 Å². The molecular weight excluding hydrogens is 264 g/mol. The summed E-state index contributed by atoms with van der Waals surface area (Å²) in [5, 5.41) is 24.7. The van der Waals surface area contributed by atoms with Gasteiger partial charge in [-0.1, -0.05) is 48.5 Å². The van der Waals surface area contributed by atoms with Gasteiger partial charge in [0.2, 0.25) is 0 Å². The maximum atomic E-state index is 10.2. The fourth-order valence-electron chi connectivity index (χ4n) is 3.37. The summed E-state index contributed by atoms with van der Waals surface area (Å²) in [7, 11) is 0. The Morgan fingerprint density at radius 1 is 0.762 bits per heavy atom. The topological polar surface area (TPSA) is 53.0 Å². The van der Waals surface area contributed by atoms with Crippen molar-refractivity contribution in [1.82, 2.24) is 0 Å². The fraction of sp³-hybridized carbons (Fsp3) is 0.111. The van der Waals surface area contributed by atoms with Crippen LogP contribution in [0.1, 0.15) is 17.2 Å². The molecular formula is C18H12O3. The van der Waals surface area contributed by atoms with Gasteiger partial charge >= 0.3 is 0 Å². The lowest BCUT2D eigenvalue weighted by molar-refractivity contribution is 0.0325. The molecule has 3 aromatic rings. The highest BCUT2D eigenvalue weighted by molar-refractivity contribution is 6.11. The van der Waals surface area contributed by atoms with Crippen molar-refractivity contribution < 1.29 is 14.9 Å². The number of benzene rings is 3. The summed E-state index contributed by atoms with van der Waals surface area (Å²) in [6.45, 7) is 0. The molecule has 0 radical (unpaired) electrons. The van der Waals surface area contributed by atoms with Crippen molar-refractivity contribution in [2.45, 2.75) is 12.2 Å². The maximum Gasteiger partial charge on any atom is 0.179 e. The number of hydrogen-bond acceptors (Lipinski definition) is 3. The predicted molar refractivity (Wildman–Crippen MR) is 80.4 cm³/mol. The van der Waals surface area contributed by atoms with E-state index in [0.29, 0.717) is 5.76 Å². The van der Waals surface area contributed by atoms with E-state index in [0.717, 1.165) is 27.7 Å². The minimum atomic E-state index is -0.939. The quantitative estimate of drug-likeness (QED) is 0.620. The summed E-state index contributed by atoms with van der Waals surface area (Å²) in [5.74, 6) is 1.24. The van der Waals surface area contributed by atoms with Gasteiger partial charge < -0.3 is 14.9 Å². The maximum absolute atomic E-state index is 10.2. The van der Waals surface area contributed by atoms with Crippen molar-refractivity contribution in [3.8, 4) is 0 Å². The molecule has 0 amide bonds. The largest absolute Gasteiger partial charge is 0.451 e. The lowest BCUT2D eigenvalue weighted by Crippen LogP contribution is -2.20. The molecule has 1 aliphatic heterocycles. The molecule has 0 bridgehead atoms. The Kier molecular flexibility index (Phi) is 1.96. The van der Waals surface area contributed by atoms with Crippen molar-refractivity contribution in [2.75, 3.05) is 0 Å². The van der Waals surface area contributed by atoms with Gasteiger partial charge in [-0.05, 0) is 27.1 Å². The molecule has 0 saturated carbocycles. The highest BCUT2D eigenvalue weighted by Crippen LogP contribution is 2.51. The van der Waals surface area contributed by atoms with E-state index in [1.165, 1.54) is 10.8 Å². The average molecular weight is 276 g/mol. The van der Waals surface area contributed by atoms with Gasteiger partial charge in [-0.25, -0.2) is 0 Å². The van der Waals surface area contributed by atoms with Crippen molar-refractivity contribution >= 4 is 27.3 Å². The predicted octanol–water partition coefficient (Wildman–Crippen LogP) is 3.10. The molecule has 1 aliphatic carbocycles. The van der Waals surface area contributed by atoms with Crippen molar-refractivity contribution in [1.29, 1.82) is 0 Å². The van der Waals surface area contributed by atoms with Crippen LogP contribution in [0, 0.1) is 0 Å². The second-order valence-corrected chi connectivity index (χ2v) is 5.60. The van der Waals surface area contributed by atoms with Crippen LogP contribution in [0.2, 0.25) is 0 Å². The second kappa shape index (κ2) is 3.64. The van der Waals surface area contributed by atoms with Gasteiger partial charge in [-0.15, -0.1) is 0 Å². The lowest BCUT2D eigenvalue weighted by Gasteiger charge is -2.19. The Labute approximate surface area is 120 Å². The van der Waals surface area contributed by atoms with E-state index in [-0.39, 0.29) is 0 Å². The van der Waals surface area contributed by atoms with Gasteiger partial charge in [-0.3, -0.25) is 0 Å². The Morgan fingerprint density at radius 2 is 1.57 bits per heavy atom. The van der Waals surface area contributed by atoms with Gasteiger partial charge in [-0.2, -0.15) is 0 Å². The first-order valence-corrected chi connectivity index (χ1v) is 6.98. The highest BCUT2D eigenvalue weighted by atomic mass is 16.6. The standard InChI is InChI=1S/C18H12O3/c19-15-13-8-7-11-10-4-2-1-3-9(10)5-6-12(11)14(13)17-18(21-17)16(15)20/h1-8,15-16,19-20H/t15-,16+/m0/s1. The molecule has 3 nitrogen and oxygen atoms in total. The molecule has 3 heteroatoms. The van der Waals surface area contributed by atoms with Crippen LogP contribution in [0.15, 0.2) is 54.3 Å². The van der Waals surface area contributed by atoms with Crippen LogP contribution < -0.4 is 0 Å². The van der Waals surface area contributed by atoms with Gasteiger partial charge in [0.05, 0.1) is 0 Å². The highest BCUT2D eigenvalue weighted by Gasteiger charge is 2.45. The molecule has 5 rings (SSSR count). The minimum Gasteiger partial charge on any atom is -0.451 e. The smallest absolute Gasteiger partial charge is 0.179 e. The molecule has 2 atom stereocenters. The van der Waals surface area contributed by atoms with Crippen molar-refractivity contribution in [3.63, 3.8) is 0 Å². The summed E-state index contributed by atoms with van der Waals surface area (Å²) in [6.07, 6.45) is -1.86. The fourth-order valence-corrected chi connectivity index (χ4v) is 3.37. The van der Waals surface area contributed by atoms with Crippen LogP contribution in [0.3, 0.4) is 0 Å². The number of aliphatic hydroxyl groups excluding tert-OH is 2. The van der Waals surface area contributed by atoms with E-state index >= 15 is 0 Å². The van der Waals surface area contributed by atoms with Crippen molar-refractivity contribution in [3.05, 3.63) is 65.4 Å². The second-order valence-electron chi connectivity index (χ2n) is 5.60. The zero-order valence-corrected chi connectivity index (χ0v) is 11.1. The first-order chi connectivity index (χ1) is 10.3. The molecule has 2 aliphatic rings. The van der Waals surface area contributed by atoms with E-state index < -0.39 is 12.2 Å². The number of fused-ring (bicyclic) bond motifs is 6. The third-order valence-electron chi connectivity index (χ3n) is 4.47. The lowest BCUT2D eigenvalue weighted by atomic mass is 9.88.